The number of hydrogen-bond donors (Lipinski definition) is 1. The molecule has 0 aliphatic carbocycles. The highest BCUT2D eigenvalue weighted by atomic mass is 16.6. The van der Waals surface area contributed by atoms with Crippen molar-refractivity contribution in [2.75, 3.05) is 18.0 Å². The molecule has 138 valence electrons. The first-order valence-corrected chi connectivity index (χ1v) is 8.54. The Bertz CT molecular complexity index is 922. The number of nitriles is 1. The number of non-ortho nitro benzene ring substituents is 1. The number of nitrogens with one attached hydrogen (secondary N) is 1. The Hall–Kier alpha value is -3.60. The van der Waals surface area contributed by atoms with Crippen molar-refractivity contribution in [1.29, 1.82) is 5.26 Å². The molecule has 1 aliphatic heterocycles. The van der Waals surface area contributed by atoms with E-state index in [4.69, 9.17) is 4.74 Å². The molecule has 27 heavy (non-hydrogen) atoms. The molecule has 8 heteroatoms. The van der Waals surface area contributed by atoms with Gasteiger partial charge < -0.3 is 15.0 Å². The summed E-state index contributed by atoms with van der Waals surface area (Å²) >= 11 is 0. The van der Waals surface area contributed by atoms with Crippen LogP contribution in [-0.2, 0) is 4.79 Å². The van der Waals surface area contributed by atoms with Crippen LogP contribution in [0.2, 0.25) is 0 Å². The second kappa shape index (κ2) is 7.74. The second-order valence-electron chi connectivity index (χ2n) is 6.05. The van der Waals surface area contributed by atoms with Crippen LogP contribution in [0, 0.1) is 21.4 Å². The van der Waals surface area contributed by atoms with E-state index in [1.807, 2.05) is 25.1 Å². The lowest BCUT2D eigenvalue weighted by Crippen LogP contribution is -2.47. The molecular weight excluding hydrogens is 348 g/mol. The van der Waals surface area contributed by atoms with Gasteiger partial charge in [0, 0.05) is 18.7 Å². The van der Waals surface area contributed by atoms with Crippen molar-refractivity contribution in [2.45, 2.75) is 19.4 Å². The van der Waals surface area contributed by atoms with E-state index in [1.165, 1.54) is 18.2 Å². The number of rotatable bonds is 5. The first-order chi connectivity index (χ1) is 13.0. The molecule has 1 atom stereocenters. The number of hydrogen-bond acceptors (Lipinski definition) is 6. The number of amides is 1. The Kier molecular flexibility index (Phi) is 5.22. The average molecular weight is 366 g/mol. The maximum Gasteiger partial charge on any atom is 0.270 e. The van der Waals surface area contributed by atoms with Gasteiger partial charge in [0.15, 0.2) is 6.10 Å². The first kappa shape index (κ1) is 18.2. The van der Waals surface area contributed by atoms with E-state index in [0.717, 1.165) is 6.42 Å². The Morgan fingerprint density at radius 3 is 2.85 bits per heavy atom. The summed E-state index contributed by atoms with van der Waals surface area (Å²) in [5.41, 5.74) is 1.19. The van der Waals surface area contributed by atoms with E-state index in [-0.39, 0.29) is 23.7 Å². The van der Waals surface area contributed by atoms with Crippen molar-refractivity contribution in [2.24, 2.45) is 0 Å². The van der Waals surface area contributed by atoms with Crippen LogP contribution in [0.3, 0.4) is 0 Å². The molecule has 1 aliphatic rings. The maximum absolute atomic E-state index is 12.4. The smallest absolute Gasteiger partial charge is 0.270 e. The number of para-hydroxylation sites is 2. The van der Waals surface area contributed by atoms with Gasteiger partial charge in [0.1, 0.15) is 11.8 Å². The van der Waals surface area contributed by atoms with E-state index in [0.29, 0.717) is 23.7 Å². The number of ether oxygens (including phenoxy) is 1. The largest absolute Gasteiger partial charge is 0.477 e. The minimum absolute atomic E-state index is 0.158. The predicted molar refractivity (Wildman–Crippen MR) is 99.0 cm³/mol. The lowest BCUT2D eigenvalue weighted by Gasteiger charge is -2.36. The fourth-order valence-corrected chi connectivity index (χ4v) is 2.92. The quantitative estimate of drug-likeness (QED) is 0.644. The van der Waals surface area contributed by atoms with Gasteiger partial charge in [-0.25, -0.2) is 0 Å². The van der Waals surface area contributed by atoms with E-state index in [9.17, 15) is 20.2 Å². The van der Waals surface area contributed by atoms with E-state index < -0.39 is 11.0 Å². The molecule has 1 N–H and O–H groups in total. The fraction of sp³-hybridized carbons (Fsp3) is 0.263. The summed E-state index contributed by atoms with van der Waals surface area (Å²) in [6.45, 7) is 2.69. The first-order valence-electron chi connectivity index (χ1n) is 8.54. The zero-order chi connectivity index (χ0) is 19.4. The molecule has 0 spiro atoms. The van der Waals surface area contributed by atoms with Gasteiger partial charge in [0.05, 0.1) is 28.4 Å². The molecule has 0 bridgehead atoms. The molecule has 2 aromatic carbocycles. The molecule has 0 radical (unpaired) electrons. The standard InChI is InChI=1S/C19H18N4O4/c1-2-9-21-19(24)18-12-22(16-5-3-4-6-17(16)27-18)15-8-7-14(23(25)26)10-13(15)11-20/h3-8,10,18H,2,9,12H2,1H3,(H,21,24)/t18-/m0/s1. The molecular formula is C19H18N4O4. The fourth-order valence-electron chi connectivity index (χ4n) is 2.92. The van der Waals surface area contributed by atoms with Crippen molar-refractivity contribution in [3.8, 4) is 11.8 Å². The van der Waals surface area contributed by atoms with Crippen molar-refractivity contribution in [3.05, 3.63) is 58.1 Å². The van der Waals surface area contributed by atoms with E-state index in [2.05, 4.69) is 5.32 Å². The van der Waals surface area contributed by atoms with Crippen LogP contribution in [0.25, 0.3) is 0 Å². The minimum atomic E-state index is -0.756. The lowest BCUT2D eigenvalue weighted by atomic mass is 10.1. The molecule has 3 rings (SSSR count). The highest BCUT2D eigenvalue weighted by Gasteiger charge is 2.32. The molecule has 0 saturated heterocycles. The molecule has 0 fully saturated rings. The van der Waals surface area contributed by atoms with Crippen LogP contribution in [0.5, 0.6) is 5.75 Å². The minimum Gasteiger partial charge on any atom is -0.477 e. The van der Waals surface area contributed by atoms with E-state index >= 15 is 0 Å². The SMILES string of the molecule is CCCNC(=O)[C@@H]1CN(c2ccc([N+](=O)[O-])cc2C#N)c2ccccc2O1. The highest BCUT2D eigenvalue weighted by molar-refractivity contribution is 5.85. The lowest BCUT2D eigenvalue weighted by molar-refractivity contribution is -0.384. The highest BCUT2D eigenvalue weighted by Crippen LogP contribution is 2.39. The summed E-state index contributed by atoms with van der Waals surface area (Å²) in [5, 5.41) is 23.3. The number of benzene rings is 2. The molecule has 1 heterocycles. The second-order valence-corrected chi connectivity index (χ2v) is 6.05. The van der Waals surface area contributed by atoms with Crippen LogP contribution < -0.4 is 15.0 Å². The summed E-state index contributed by atoms with van der Waals surface area (Å²) in [6, 6.07) is 13.3. The van der Waals surface area contributed by atoms with Gasteiger partial charge in [-0.15, -0.1) is 0 Å². The van der Waals surface area contributed by atoms with Crippen LogP contribution >= 0.6 is 0 Å². The number of carbonyl (C=O) groups is 1. The third-order valence-electron chi connectivity index (χ3n) is 4.22. The Balaban J connectivity index is 2.02. The van der Waals surface area contributed by atoms with Crippen molar-refractivity contribution in [3.63, 3.8) is 0 Å². The predicted octanol–water partition coefficient (Wildman–Crippen LogP) is 2.89. The van der Waals surface area contributed by atoms with Gasteiger partial charge >= 0.3 is 0 Å². The van der Waals surface area contributed by atoms with Gasteiger partial charge in [0.25, 0.3) is 11.6 Å². The third kappa shape index (κ3) is 3.67. The summed E-state index contributed by atoms with van der Waals surface area (Å²) in [6.07, 6.45) is 0.0489. The third-order valence-corrected chi connectivity index (χ3v) is 4.22. The monoisotopic (exact) mass is 366 g/mol. The van der Waals surface area contributed by atoms with Crippen LogP contribution in [0.15, 0.2) is 42.5 Å². The number of nitro groups is 1. The molecule has 1 amide bonds. The number of nitro benzene ring substituents is 1. The Morgan fingerprint density at radius 1 is 1.37 bits per heavy atom. The zero-order valence-electron chi connectivity index (χ0n) is 14.7. The number of fused-ring (bicyclic) bond motifs is 1. The maximum atomic E-state index is 12.4. The van der Waals surface area contributed by atoms with Crippen LogP contribution in [-0.4, -0.2) is 30.0 Å². The van der Waals surface area contributed by atoms with Gasteiger partial charge in [-0.3, -0.25) is 14.9 Å². The van der Waals surface area contributed by atoms with Gasteiger partial charge in [-0.1, -0.05) is 19.1 Å². The normalized spacial score (nSPS) is 15.3. The van der Waals surface area contributed by atoms with Gasteiger partial charge in [0.2, 0.25) is 0 Å². The zero-order valence-corrected chi connectivity index (χ0v) is 14.7. The number of nitrogens with zero attached hydrogens (tertiary/aromatic N) is 3. The molecule has 8 nitrogen and oxygen atoms in total. The van der Waals surface area contributed by atoms with Crippen molar-refractivity contribution < 1.29 is 14.5 Å². The molecule has 0 aromatic heterocycles. The van der Waals surface area contributed by atoms with Gasteiger partial charge in [-0.05, 0) is 24.6 Å². The number of anilines is 2. The Labute approximate surface area is 156 Å². The Morgan fingerprint density at radius 2 is 2.15 bits per heavy atom. The van der Waals surface area contributed by atoms with Crippen LogP contribution in [0.4, 0.5) is 17.1 Å². The summed E-state index contributed by atoms with van der Waals surface area (Å²) in [4.78, 5) is 24.7. The van der Waals surface area contributed by atoms with Crippen molar-refractivity contribution in [1.82, 2.24) is 5.32 Å². The van der Waals surface area contributed by atoms with Crippen LogP contribution in [0.1, 0.15) is 18.9 Å². The van der Waals surface area contributed by atoms with Gasteiger partial charge in [-0.2, -0.15) is 5.26 Å². The summed E-state index contributed by atoms with van der Waals surface area (Å²) < 4.78 is 5.83. The summed E-state index contributed by atoms with van der Waals surface area (Å²) in [5.74, 6) is 0.277. The molecule has 0 saturated carbocycles. The topological polar surface area (TPSA) is 109 Å². The van der Waals surface area contributed by atoms with Crippen molar-refractivity contribution >= 4 is 23.0 Å². The molecule has 2 aromatic rings. The van der Waals surface area contributed by atoms with E-state index in [1.54, 1.807) is 17.0 Å². The number of carbonyl (C=O) groups excluding carboxylic acids is 1. The molecule has 0 unspecified atom stereocenters. The average Bonchev–Trinajstić information content (AvgIpc) is 2.70. The summed E-state index contributed by atoms with van der Waals surface area (Å²) in [7, 11) is 0.